The predicted molar refractivity (Wildman–Crippen MR) is 120 cm³/mol. The maximum absolute atomic E-state index is 12.7. The number of hydrogen-bond donors (Lipinski definition) is 2. The molecule has 4 fully saturated rings. The summed E-state index contributed by atoms with van der Waals surface area (Å²) in [6.07, 6.45) is 9.51. The first kappa shape index (κ1) is 19.4. The van der Waals surface area contributed by atoms with Crippen LogP contribution in [0, 0.1) is 17.8 Å². The topological polar surface area (TPSA) is 96.5 Å². The lowest BCUT2D eigenvalue weighted by Gasteiger charge is -2.55. The van der Waals surface area contributed by atoms with Gasteiger partial charge in [-0.2, -0.15) is 5.10 Å². The summed E-state index contributed by atoms with van der Waals surface area (Å²) in [5.41, 5.74) is 1.97. The van der Waals surface area contributed by atoms with E-state index in [2.05, 4.69) is 30.7 Å². The number of benzene rings is 1. The molecular formula is C22H24N6OS2. The Morgan fingerprint density at radius 2 is 1.81 bits per heavy atom. The van der Waals surface area contributed by atoms with Crippen molar-refractivity contribution >= 4 is 34.1 Å². The van der Waals surface area contributed by atoms with Crippen molar-refractivity contribution in [1.82, 2.24) is 25.4 Å². The number of thioether (sulfide) groups is 1. The van der Waals surface area contributed by atoms with Gasteiger partial charge < -0.3 is 0 Å². The highest BCUT2D eigenvalue weighted by Gasteiger charge is 2.53. The van der Waals surface area contributed by atoms with E-state index in [-0.39, 0.29) is 11.3 Å². The Morgan fingerprint density at radius 1 is 1.10 bits per heavy atom. The SMILES string of the molecule is O=C(Nc1nnc(C23CC4CC(CC(C4)C2)C3)s1)c1ccc(CSc2ncn[nH]2)cc1. The van der Waals surface area contributed by atoms with Gasteiger partial charge in [0.2, 0.25) is 5.13 Å². The average Bonchev–Trinajstić information content (AvgIpc) is 3.44. The van der Waals surface area contributed by atoms with Crippen LogP contribution >= 0.6 is 23.1 Å². The Morgan fingerprint density at radius 3 is 2.45 bits per heavy atom. The van der Waals surface area contributed by atoms with E-state index in [0.29, 0.717) is 10.7 Å². The molecule has 4 bridgehead atoms. The Labute approximate surface area is 188 Å². The number of amides is 1. The van der Waals surface area contributed by atoms with Crippen LogP contribution in [-0.4, -0.2) is 31.3 Å². The molecule has 9 heteroatoms. The summed E-state index contributed by atoms with van der Waals surface area (Å²) in [4.78, 5) is 16.8. The van der Waals surface area contributed by atoms with Gasteiger partial charge in [-0.25, -0.2) is 4.98 Å². The van der Waals surface area contributed by atoms with Gasteiger partial charge in [-0.15, -0.1) is 10.2 Å². The molecule has 4 aliphatic carbocycles. The van der Waals surface area contributed by atoms with Crippen LogP contribution in [0.3, 0.4) is 0 Å². The molecule has 2 N–H and O–H groups in total. The molecule has 3 aromatic rings. The Kier molecular flexibility index (Phi) is 4.83. The Hall–Kier alpha value is -2.26. The zero-order valence-electron chi connectivity index (χ0n) is 17.1. The summed E-state index contributed by atoms with van der Waals surface area (Å²) in [6, 6.07) is 7.65. The van der Waals surface area contributed by atoms with Gasteiger partial charge in [-0.05, 0) is 74.0 Å². The van der Waals surface area contributed by atoms with Crippen LogP contribution in [0.1, 0.15) is 59.5 Å². The van der Waals surface area contributed by atoms with Crippen LogP contribution in [0.15, 0.2) is 35.7 Å². The molecule has 160 valence electrons. The summed E-state index contributed by atoms with van der Waals surface area (Å²) >= 11 is 3.16. The molecule has 7 nitrogen and oxygen atoms in total. The normalized spacial score (nSPS) is 28.7. The molecule has 1 aromatic carbocycles. The monoisotopic (exact) mass is 452 g/mol. The van der Waals surface area contributed by atoms with Crippen LogP contribution in [-0.2, 0) is 11.2 Å². The maximum atomic E-state index is 12.7. The molecule has 4 aliphatic rings. The van der Waals surface area contributed by atoms with Crippen LogP contribution < -0.4 is 5.32 Å². The van der Waals surface area contributed by atoms with E-state index in [1.54, 1.807) is 23.1 Å². The maximum Gasteiger partial charge on any atom is 0.257 e. The second kappa shape index (κ2) is 7.70. The molecule has 0 unspecified atom stereocenters. The zero-order chi connectivity index (χ0) is 20.8. The fourth-order valence-corrected chi connectivity index (χ4v) is 7.89. The van der Waals surface area contributed by atoms with Gasteiger partial charge in [0.15, 0.2) is 5.16 Å². The molecule has 0 aliphatic heterocycles. The molecular weight excluding hydrogens is 428 g/mol. The Balaban J connectivity index is 1.11. The number of aromatic nitrogens is 5. The van der Waals surface area contributed by atoms with Crippen molar-refractivity contribution in [3.8, 4) is 0 Å². The molecule has 0 radical (unpaired) electrons. The molecule has 0 spiro atoms. The number of aromatic amines is 1. The lowest BCUT2D eigenvalue weighted by atomic mass is 9.50. The molecule has 1 amide bonds. The minimum Gasteiger partial charge on any atom is -0.296 e. The lowest BCUT2D eigenvalue weighted by Crippen LogP contribution is -2.48. The Bertz CT molecular complexity index is 1040. The van der Waals surface area contributed by atoms with Gasteiger partial charge in [-0.1, -0.05) is 35.2 Å². The van der Waals surface area contributed by atoms with Crippen molar-refractivity contribution in [1.29, 1.82) is 0 Å². The van der Waals surface area contributed by atoms with Gasteiger partial charge >= 0.3 is 0 Å². The molecule has 4 saturated carbocycles. The summed E-state index contributed by atoms with van der Waals surface area (Å²) in [5.74, 6) is 3.24. The van der Waals surface area contributed by atoms with Gasteiger partial charge in [0.05, 0.1) is 0 Å². The van der Waals surface area contributed by atoms with Crippen molar-refractivity contribution in [2.75, 3.05) is 5.32 Å². The van der Waals surface area contributed by atoms with Gasteiger partial charge in [0.1, 0.15) is 11.3 Å². The summed E-state index contributed by atoms with van der Waals surface area (Å²) < 4.78 is 0. The third kappa shape index (κ3) is 3.78. The van der Waals surface area contributed by atoms with E-state index < -0.39 is 0 Å². The third-order valence-corrected chi connectivity index (χ3v) is 9.15. The highest BCUT2D eigenvalue weighted by Crippen LogP contribution is 2.61. The number of nitrogens with one attached hydrogen (secondary N) is 2. The number of carbonyl (C=O) groups is 1. The van der Waals surface area contributed by atoms with Gasteiger partial charge in [0, 0.05) is 16.7 Å². The highest BCUT2D eigenvalue weighted by atomic mass is 32.2. The van der Waals surface area contributed by atoms with E-state index in [4.69, 9.17) is 0 Å². The molecule has 2 aromatic heterocycles. The average molecular weight is 453 g/mol. The highest BCUT2D eigenvalue weighted by molar-refractivity contribution is 7.98. The van der Waals surface area contributed by atoms with E-state index >= 15 is 0 Å². The largest absolute Gasteiger partial charge is 0.296 e. The van der Waals surface area contributed by atoms with Crippen LogP contribution in [0.5, 0.6) is 0 Å². The van der Waals surface area contributed by atoms with Crippen molar-refractivity contribution in [3.63, 3.8) is 0 Å². The first-order valence-corrected chi connectivity index (χ1v) is 12.7. The molecule has 31 heavy (non-hydrogen) atoms. The lowest BCUT2D eigenvalue weighted by molar-refractivity contribution is -0.00555. The third-order valence-electron chi connectivity index (χ3n) is 7.12. The molecule has 7 rings (SSSR count). The van der Waals surface area contributed by atoms with E-state index in [1.807, 2.05) is 24.3 Å². The van der Waals surface area contributed by atoms with Crippen molar-refractivity contribution in [3.05, 3.63) is 46.7 Å². The predicted octanol–water partition coefficient (Wildman–Crippen LogP) is 4.67. The number of carbonyl (C=O) groups excluding carboxylic acids is 1. The zero-order valence-corrected chi connectivity index (χ0v) is 18.7. The minimum atomic E-state index is -0.136. The molecule has 2 heterocycles. The minimum absolute atomic E-state index is 0.136. The number of H-pyrrole nitrogens is 1. The molecule has 0 atom stereocenters. The second-order valence-corrected chi connectivity index (χ2v) is 11.3. The van der Waals surface area contributed by atoms with Crippen LogP contribution in [0.25, 0.3) is 0 Å². The van der Waals surface area contributed by atoms with Crippen LogP contribution in [0.4, 0.5) is 5.13 Å². The van der Waals surface area contributed by atoms with Crippen LogP contribution in [0.2, 0.25) is 0 Å². The molecule has 0 saturated heterocycles. The number of anilines is 1. The summed E-state index contributed by atoms with van der Waals surface area (Å²) in [5, 5.41) is 21.1. The fourth-order valence-electron chi connectivity index (χ4n) is 6.20. The van der Waals surface area contributed by atoms with Crippen molar-refractivity contribution < 1.29 is 4.79 Å². The number of hydrogen-bond acceptors (Lipinski definition) is 7. The standard InChI is InChI=1S/C22H24N6OS2/c29-18(17-3-1-13(2-4-17)11-30-20-23-12-24-27-20)25-21-28-26-19(31-21)22-8-14-5-15(9-22)7-16(6-14)10-22/h1-4,12,14-16H,5-11H2,(H,23,24,27)(H,25,28,29). The quantitative estimate of drug-likeness (QED) is 0.528. The summed E-state index contributed by atoms with van der Waals surface area (Å²) in [7, 11) is 0. The van der Waals surface area contributed by atoms with E-state index in [9.17, 15) is 4.79 Å². The fraction of sp³-hybridized carbons (Fsp3) is 0.500. The first-order valence-electron chi connectivity index (χ1n) is 10.9. The van der Waals surface area contributed by atoms with E-state index in [1.165, 1.54) is 44.9 Å². The smallest absolute Gasteiger partial charge is 0.257 e. The van der Waals surface area contributed by atoms with Gasteiger partial charge in [-0.3, -0.25) is 15.2 Å². The number of rotatable bonds is 6. The second-order valence-electron chi connectivity index (χ2n) is 9.34. The first-order chi connectivity index (χ1) is 15.1. The number of nitrogens with zero attached hydrogens (tertiary/aromatic N) is 4. The van der Waals surface area contributed by atoms with Crippen molar-refractivity contribution in [2.24, 2.45) is 17.8 Å². The van der Waals surface area contributed by atoms with E-state index in [0.717, 1.165) is 39.2 Å². The summed E-state index contributed by atoms with van der Waals surface area (Å²) in [6.45, 7) is 0. The van der Waals surface area contributed by atoms with Crippen molar-refractivity contribution in [2.45, 2.75) is 54.8 Å². The van der Waals surface area contributed by atoms with Gasteiger partial charge in [0.25, 0.3) is 5.91 Å².